The molecule has 0 amide bonds. The number of hydrogen-bond acceptors (Lipinski definition) is 3. The largest absolute Gasteiger partial charge is 0.489 e. The van der Waals surface area contributed by atoms with Gasteiger partial charge in [-0.05, 0) is 31.5 Å². The quantitative estimate of drug-likeness (QED) is 0.825. The van der Waals surface area contributed by atoms with Crippen LogP contribution >= 0.6 is 0 Å². The lowest BCUT2D eigenvalue weighted by Gasteiger charge is -2.13. The highest BCUT2D eigenvalue weighted by molar-refractivity contribution is 5.68. The first-order valence-electron chi connectivity index (χ1n) is 5.61. The van der Waals surface area contributed by atoms with Crippen LogP contribution in [0.25, 0.3) is 11.1 Å². The molecule has 0 aliphatic heterocycles. The number of rotatable bonds is 3. The first-order valence-corrected chi connectivity index (χ1v) is 5.61. The second-order valence-electron chi connectivity index (χ2n) is 4.32. The van der Waals surface area contributed by atoms with Gasteiger partial charge >= 0.3 is 0 Å². The molecule has 0 saturated carbocycles. The van der Waals surface area contributed by atoms with Gasteiger partial charge in [-0.2, -0.15) is 5.10 Å². The molecule has 0 fully saturated rings. The predicted octanol–water partition coefficient (Wildman–Crippen LogP) is 2.46. The van der Waals surface area contributed by atoms with E-state index in [1.807, 2.05) is 51.5 Å². The highest BCUT2D eigenvalue weighted by atomic mass is 16.5. The highest BCUT2D eigenvalue weighted by Crippen LogP contribution is 2.29. The van der Waals surface area contributed by atoms with Crippen molar-refractivity contribution in [1.29, 1.82) is 0 Å². The maximum atomic E-state index is 5.88. The summed E-state index contributed by atoms with van der Waals surface area (Å²) in [6.07, 6.45) is 3.90. The second-order valence-corrected chi connectivity index (χ2v) is 4.32. The molecule has 0 spiro atoms. The van der Waals surface area contributed by atoms with Crippen molar-refractivity contribution in [3.8, 4) is 16.9 Å². The van der Waals surface area contributed by atoms with E-state index in [4.69, 9.17) is 10.5 Å². The molecule has 0 bridgehead atoms. The van der Waals surface area contributed by atoms with Crippen LogP contribution in [0.1, 0.15) is 13.8 Å². The van der Waals surface area contributed by atoms with Crippen LogP contribution in [0.15, 0.2) is 30.6 Å². The van der Waals surface area contributed by atoms with Crippen molar-refractivity contribution in [3.05, 3.63) is 30.6 Å². The Morgan fingerprint density at radius 2 is 2.06 bits per heavy atom. The molecular weight excluding hydrogens is 214 g/mol. The molecule has 0 unspecified atom stereocenters. The number of hydrogen-bond donors (Lipinski definition) is 1. The van der Waals surface area contributed by atoms with Gasteiger partial charge in [0, 0.05) is 18.8 Å². The van der Waals surface area contributed by atoms with Crippen molar-refractivity contribution in [2.45, 2.75) is 20.0 Å². The Hall–Kier alpha value is -1.97. The normalized spacial score (nSPS) is 10.8. The zero-order chi connectivity index (χ0) is 12.4. The van der Waals surface area contributed by atoms with Gasteiger partial charge in [-0.15, -0.1) is 0 Å². The van der Waals surface area contributed by atoms with Gasteiger partial charge in [0.05, 0.1) is 18.0 Å². The Labute approximate surface area is 101 Å². The average molecular weight is 231 g/mol. The van der Waals surface area contributed by atoms with Gasteiger partial charge in [-0.1, -0.05) is 6.07 Å². The molecule has 1 aromatic carbocycles. The van der Waals surface area contributed by atoms with Gasteiger partial charge in [0.1, 0.15) is 5.75 Å². The Bertz CT molecular complexity index is 517. The zero-order valence-electron chi connectivity index (χ0n) is 10.3. The fourth-order valence-electron chi connectivity index (χ4n) is 1.64. The maximum absolute atomic E-state index is 5.88. The topological polar surface area (TPSA) is 53.1 Å². The van der Waals surface area contributed by atoms with Gasteiger partial charge < -0.3 is 10.5 Å². The number of nitrogen functional groups attached to an aromatic ring is 1. The number of nitrogens with two attached hydrogens (primary N) is 1. The third kappa shape index (κ3) is 2.58. The minimum absolute atomic E-state index is 0.112. The number of aryl methyl sites for hydroxylation is 1. The van der Waals surface area contributed by atoms with Gasteiger partial charge in [-0.25, -0.2) is 0 Å². The number of ether oxygens (including phenoxy) is 1. The van der Waals surface area contributed by atoms with E-state index in [1.54, 1.807) is 4.68 Å². The molecule has 1 heterocycles. The Morgan fingerprint density at radius 3 is 2.65 bits per heavy atom. The summed E-state index contributed by atoms with van der Waals surface area (Å²) < 4.78 is 7.43. The summed E-state index contributed by atoms with van der Waals surface area (Å²) in [5.41, 5.74) is 8.65. The molecule has 0 aliphatic carbocycles. The molecular formula is C13H17N3O. The van der Waals surface area contributed by atoms with E-state index < -0.39 is 0 Å². The molecule has 0 radical (unpaired) electrons. The van der Waals surface area contributed by atoms with Gasteiger partial charge in [0.2, 0.25) is 0 Å². The average Bonchev–Trinajstić information content (AvgIpc) is 2.67. The summed E-state index contributed by atoms with van der Waals surface area (Å²) in [6.45, 7) is 3.96. The van der Waals surface area contributed by atoms with Crippen LogP contribution in [0.3, 0.4) is 0 Å². The van der Waals surface area contributed by atoms with Crippen LogP contribution < -0.4 is 10.5 Å². The molecule has 2 aromatic rings. The molecule has 17 heavy (non-hydrogen) atoms. The Balaban J connectivity index is 2.36. The fraction of sp³-hybridized carbons (Fsp3) is 0.308. The molecule has 0 aliphatic rings. The van der Waals surface area contributed by atoms with Crippen molar-refractivity contribution in [1.82, 2.24) is 9.78 Å². The van der Waals surface area contributed by atoms with Crippen molar-refractivity contribution < 1.29 is 4.74 Å². The monoisotopic (exact) mass is 231 g/mol. The van der Waals surface area contributed by atoms with Crippen molar-refractivity contribution in [2.24, 2.45) is 7.05 Å². The Kier molecular flexibility index (Phi) is 3.04. The van der Waals surface area contributed by atoms with E-state index >= 15 is 0 Å². The van der Waals surface area contributed by atoms with Crippen LogP contribution in [0.5, 0.6) is 5.75 Å². The van der Waals surface area contributed by atoms with E-state index in [-0.39, 0.29) is 6.10 Å². The van der Waals surface area contributed by atoms with Crippen LogP contribution in [-0.2, 0) is 7.05 Å². The van der Waals surface area contributed by atoms with Gasteiger partial charge in [0.25, 0.3) is 0 Å². The molecule has 2 rings (SSSR count). The first kappa shape index (κ1) is 11.5. The standard InChI is InChI=1S/C13H17N3O/c1-9(2)17-13-6-10(4-5-12(13)14)11-7-15-16(3)8-11/h4-9H,14H2,1-3H3. The second kappa shape index (κ2) is 4.49. The van der Waals surface area contributed by atoms with Crippen LogP contribution in [0, 0.1) is 0 Å². The fourth-order valence-corrected chi connectivity index (χ4v) is 1.64. The summed E-state index contributed by atoms with van der Waals surface area (Å²) in [6, 6.07) is 5.78. The molecule has 1 aromatic heterocycles. The maximum Gasteiger partial charge on any atom is 0.143 e. The summed E-state index contributed by atoms with van der Waals surface area (Å²) >= 11 is 0. The first-order chi connectivity index (χ1) is 8.06. The van der Waals surface area contributed by atoms with Crippen molar-refractivity contribution in [3.63, 3.8) is 0 Å². The third-order valence-electron chi connectivity index (χ3n) is 2.41. The van der Waals surface area contributed by atoms with E-state index in [9.17, 15) is 0 Å². The minimum Gasteiger partial charge on any atom is -0.489 e. The summed E-state index contributed by atoms with van der Waals surface area (Å²) in [5, 5.41) is 4.15. The SMILES string of the molecule is CC(C)Oc1cc(-c2cnn(C)c2)ccc1N. The van der Waals surface area contributed by atoms with Crippen molar-refractivity contribution in [2.75, 3.05) is 5.73 Å². The number of aromatic nitrogens is 2. The van der Waals surface area contributed by atoms with E-state index in [0.717, 1.165) is 16.9 Å². The highest BCUT2D eigenvalue weighted by Gasteiger charge is 2.07. The lowest BCUT2D eigenvalue weighted by Crippen LogP contribution is -2.07. The smallest absolute Gasteiger partial charge is 0.143 e. The molecule has 0 saturated heterocycles. The molecule has 0 atom stereocenters. The van der Waals surface area contributed by atoms with Crippen LogP contribution in [-0.4, -0.2) is 15.9 Å². The van der Waals surface area contributed by atoms with Gasteiger partial charge in [-0.3, -0.25) is 4.68 Å². The lowest BCUT2D eigenvalue weighted by atomic mass is 10.1. The van der Waals surface area contributed by atoms with Crippen LogP contribution in [0.4, 0.5) is 5.69 Å². The number of nitrogens with zero attached hydrogens (tertiary/aromatic N) is 2. The lowest BCUT2D eigenvalue weighted by molar-refractivity contribution is 0.244. The van der Waals surface area contributed by atoms with Crippen molar-refractivity contribution >= 4 is 5.69 Å². The van der Waals surface area contributed by atoms with Crippen LogP contribution in [0.2, 0.25) is 0 Å². The molecule has 4 nitrogen and oxygen atoms in total. The van der Waals surface area contributed by atoms with E-state index in [0.29, 0.717) is 5.69 Å². The van der Waals surface area contributed by atoms with E-state index in [2.05, 4.69) is 5.10 Å². The van der Waals surface area contributed by atoms with E-state index in [1.165, 1.54) is 0 Å². The predicted molar refractivity (Wildman–Crippen MR) is 68.8 cm³/mol. The Morgan fingerprint density at radius 1 is 1.29 bits per heavy atom. The number of anilines is 1. The van der Waals surface area contributed by atoms with Gasteiger partial charge in [0.15, 0.2) is 0 Å². The molecule has 2 N–H and O–H groups in total. The molecule has 4 heteroatoms. The summed E-state index contributed by atoms with van der Waals surface area (Å²) in [4.78, 5) is 0. The zero-order valence-corrected chi connectivity index (χ0v) is 10.3. The minimum atomic E-state index is 0.112. The summed E-state index contributed by atoms with van der Waals surface area (Å²) in [7, 11) is 1.90. The number of benzene rings is 1. The third-order valence-corrected chi connectivity index (χ3v) is 2.41. The summed E-state index contributed by atoms with van der Waals surface area (Å²) in [5.74, 6) is 0.723. The molecule has 90 valence electrons.